The maximum atomic E-state index is 12.9. The fourth-order valence-electron chi connectivity index (χ4n) is 3.31. The van der Waals surface area contributed by atoms with E-state index in [4.69, 9.17) is 0 Å². The molecule has 0 amide bonds. The molecule has 2 N–H and O–H groups in total. The molecular weight excluding hydrogens is 721 g/mol. The summed E-state index contributed by atoms with van der Waals surface area (Å²) in [6, 6.07) is 2.40. The van der Waals surface area contributed by atoms with Gasteiger partial charge in [-0.05, 0) is 50.1 Å². The van der Waals surface area contributed by atoms with Crippen molar-refractivity contribution in [3.05, 3.63) is 38.4 Å². The molecule has 0 aliphatic carbocycles. The zero-order valence-corrected chi connectivity index (χ0v) is 30.3. The summed E-state index contributed by atoms with van der Waals surface area (Å²) in [4.78, 5) is 16.0. The molecule has 1 aliphatic rings. The Hall–Kier alpha value is 0.810. The molecular formula is C16H5Br2N2Na3O11S3. The van der Waals surface area contributed by atoms with E-state index in [1.807, 2.05) is 0 Å². The van der Waals surface area contributed by atoms with Gasteiger partial charge in [0.2, 0.25) is 5.78 Å². The number of aliphatic imine (C=N–C) groups is 1. The summed E-state index contributed by atoms with van der Waals surface area (Å²) in [6.07, 6.45) is 0. The zero-order valence-electron chi connectivity index (χ0n) is 18.7. The first kappa shape index (κ1) is 35.8. The molecule has 21 heteroatoms. The Labute approximate surface area is 292 Å². The van der Waals surface area contributed by atoms with Gasteiger partial charge in [0.05, 0.1) is 35.9 Å². The second-order valence-corrected chi connectivity index (χ2v) is 12.4. The molecule has 0 unspecified atom stereocenters. The Kier molecular flexibility index (Phi) is 11.6. The number of aromatic amines is 1. The number of carbonyl (C=O) groups is 1. The number of nitrogens with one attached hydrogen (secondary N) is 1. The first-order valence-electron chi connectivity index (χ1n) is 8.35. The van der Waals surface area contributed by atoms with E-state index in [-0.39, 0.29) is 104 Å². The predicted octanol–water partition coefficient (Wildman–Crippen LogP) is -7.56. The van der Waals surface area contributed by atoms with Crippen LogP contribution in [0.3, 0.4) is 0 Å². The van der Waals surface area contributed by atoms with Gasteiger partial charge in [0, 0.05) is 9.86 Å². The number of carbonyl (C=O) groups excluding carboxylic acids is 1. The van der Waals surface area contributed by atoms with Crippen molar-refractivity contribution >= 4 is 90.3 Å². The van der Waals surface area contributed by atoms with Crippen LogP contribution in [0.15, 0.2) is 46.8 Å². The van der Waals surface area contributed by atoms with E-state index < -0.39 is 83.4 Å². The Morgan fingerprint density at radius 3 is 1.86 bits per heavy atom. The van der Waals surface area contributed by atoms with Gasteiger partial charge in [0.25, 0.3) is 0 Å². The summed E-state index contributed by atoms with van der Waals surface area (Å²) < 4.78 is 103. The van der Waals surface area contributed by atoms with Crippen molar-refractivity contribution in [3.63, 3.8) is 0 Å². The first-order valence-corrected chi connectivity index (χ1v) is 14.2. The molecule has 37 heavy (non-hydrogen) atoms. The minimum absolute atomic E-state index is 0. The van der Waals surface area contributed by atoms with Crippen LogP contribution in [0.1, 0.15) is 16.1 Å². The van der Waals surface area contributed by atoms with Crippen LogP contribution >= 0.6 is 31.9 Å². The van der Waals surface area contributed by atoms with E-state index in [0.717, 1.165) is 12.1 Å². The summed E-state index contributed by atoms with van der Waals surface area (Å²) in [5.74, 6) is -1.91. The average Bonchev–Trinajstić information content (AvgIpc) is 3.14. The van der Waals surface area contributed by atoms with Gasteiger partial charge < -0.3 is 23.7 Å². The molecule has 3 aromatic rings. The molecule has 180 valence electrons. The second kappa shape index (κ2) is 12.0. The van der Waals surface area contributed by atoms with Crippen LogP contribution in [0.25, 0.3) is 10.9 Å². The summed E-state index contributed by atoms with van der Waals surface area (Å²) in [5, 5.41) is 10.0. The molecule has 0 bridgehead atoms. The fraction of sp³-hybridized carbons (Fsp3) is 0. The van der Waals surface area contributed by atoms with Gasteiger partial charge >= 0.3 is 88.7 Å². The standard InChI is InChI=1S/C16H8Br2N2O11S3.3Na/c17-6-3-7-4(1-8(6)32(23,24)25)14(21)12(19-7)13-15(22)5-2-9(33(26,27)28)10(18)16(11(5)20-13)34(29,30)31;;;/h1-3,20,22H,(H,23,24,25)(H,26,27,28)(H,29,30,31);;;/q;3*+1/p-3. The van der Waals surface area contributed by atoms with Crippen LogP contribution in [0.2, 0.25) is 0 Å². The van der Waals surface area contributed by atoms with E-state index in [1.54, 1.807) is 0 Å². The molecule has 4 rings (SSSR count). The van der Waals surface area contributed by atoms with E-state index in [1.165, 1.54) is 0 Å². The third-order valence-electron chi connectivity index (χ3n) is 4.70. The number of ketones is 1. The van der Waals surface area contributed by atoms with Crippen molar-refractivity contribution in [2.45, 2.75) is 14.7 Å². The van der Waals surface area contributed by atoms with E-state index in [2.05, 4.69) is 41.8 Å². The topological polar surface area (TPSA) is 237 Å². The normalized spacial score (nSPS) is 13.3. The molecule has 2 aromatic carbocycles. The molecule has 0 fully saturated rings. The van der Waals surface area contributed by atoms with Crippen LogP contribution in [-0.2, 0) is 30.4 Å². The van der Waals surface area contributed by atoms with Gasteiger partial charge in [-0.15, -0.1) is 0 Å². The summed E-state index contributed by atoms with van der Waals surface area (Å²) in [5.41, 5.74) is -2.22. The Balaban J connectivity index is 0.00000228. The van der Waals surface area contributed by atoms with Crippen LogP contribution in [0.5, 0.6) is 5.75 Å². The van der Waals surface area contributed by atoms with Gasteiger partial charge in [0.1, 0.15) is 41.8 Å². The minimum Gasteiger partial charge on any atom is -0.744 e. The average molecular weight is 726 g/mol. The molecule has 1 aliphatic heterocycles. The maximum Gasteiger partial charge on any atom is 1.00 e. The van der Waals surface area contributed by atoms with Crippen molar-refractivity contribution in [2.24, 2.45) is 4.99 Å². The largest absolute Gasteiger partial charge is 1.00 e. The first-order chi connectivity index (χ1) is 15.4. The van der Waals surface area contributed by atoms with E-state index in [9.17, 15) is 48.8 Å². The number of hydrogen-bond donors (Lipinski definition) is 2. The zero-order chi connectivity index (χ0) is 25.5. The fourth-order valence-corrected chi connectivity index (χ4v) is 7.68. The molecule has 13 nitrogen and oxygen atoms in total. The molecule has 2 heterocycles. The third-order valence-corrected chi connectivity index (χ3v) is 9.61. The van der Waals surface area contributed by atoms with Crippen LogP contribution in [0, 0.1) is 0 Å². The molecule has 0 saturated carbocycles. The molecule has 1 aromatic heterocycles. The van der Waals surface area contributed by atoms with E-state index >= 15 is 0 Å². The van der Waals surface area contributed by atoms with Crippen molar-refractivity contribution in [1.82, 2.24) is 4.98 Å². The van der Waals surface area contributed by atoms with Crippen LogP contribution in [-0.4, -0.2) is 60.5 Å². The van der Waals surface area contributed by atoms with Gasteiger partial charge in [-0.25, -0.2) is 30.2 Å². The maximum absolute atomic E-state index is 12.9. The number of hydrogen-bond acceptors (Lipinski definition) is 12. The van der Waals surface area contributed by atoms with Crippen molar-refractivity contribution < 1.29 is 137 Å². The van der Waals surface area contributed by atoms with Crippen molar-refractivity contribution in [3.8, 4) is 5.75 Å². The van der Waals surface area contributed by atoms with Crippen molar-refractivity contribution in [2.75, 3.05) is 0 Å². The Morgan fingerprint density at radius 2 is 1.38 bits per heavy atom. The van der Waals surface area contributed by atoms with Gasteiger partial charge in [0.15, 0.2) is 5.75 Å². The molecule has 0 saturated heterocycles. The quantitative estimate of drug-likeness (QED) is 0.189. The minimum atomic E-state index is -5.44. The smallest absolute Gasteiger partial charge is 0.744 e. The SMILES string of the molecule is O=C1C(c2[nH]c3c(S(=O)(=O)[O-])c(Br)c(S(=O)(=O)[O-])cc3c2O)=Nc2cc(Br)c(S(=O)(=O)[O-])cc21.[Na+].[Na+].[Na+]. The van der Waals surface area contributed by atoms with Crippen LogP contribution < -0.4 is 88.7 Å². The molecule has 0 radical (unpaired) electrons. The number of halogens is 2. The summed E-state index contributed by atoms with van der Waals surface area (Å²) in [6.45, 7) is 0. The number of benzene rings is 2. The van der Waals surface area contributed by atoms with Gasteiger partial charge in [-0.3, -0.25) is 4.79 Å². The number of fused-ring (bicyclic) bond motifs is 2. The number of H-pyrrole nitrogens is 1. The second-order valence-electron chi connectivity index (χ2n) is 6.74. The number of Topliss-reactive ketones (excluding diaryl/α,β-unsaturated/α-hetero) is 1. The number of aromatic nitrogens is 1. The van der Waals surface area contributed by atoms with Gasteiger partial charge in [-0.2, -0.15) is 0 Å². The van der Waals surface area contributed by atoms with Gasteiger partial charge in [-0.1, -0.05) is 0 Å². The Morgan fingerprint density at radius 1 is 0.838 bits per heavy atom. The van der Waals surface area contributed by atoms with Crippen LogP contribution in [0.4, 0.5) is 5.69 Å². The molecule has 0 spiro atoms. The Bertz CT molecular complexity index is 1840. The third kappa shape index (κ3) is 6.50. The van der Waals surface area contributed by atoms with Crippen molar-refractivity contribution in [1.29, 1.82) is 0 Å². The summed E-state index contributed by atoms with van der Waals surface area (Å²) in [7, 11) is -15.8. The summed E-state index contributed by atoms with van der Waals surface area (Å²) >= 11 is 5.49. The number of rotatable bonds is 4. The van der Waals surface area contributed by atoms with E-state index in [0.29, 0.717) is 6.07 Å². The predicted molar refractivity (Wildman–Crippen MR) is 116 cm³/mol. The molecule has 0 atom stereocenters. The number of nitrogens with zero attached hydrogens (tertiary/aromatic N) is 1. The monoisotopic (exact) mass is 724 g/mol. The number of aromatic hydroxyl groups is 1.